The molecule has 0 spiro atoms. The van der Waals surface area contributed by atoms with E-state index in [0.717, 1.165) is 4.90 Å². The number of halogens is 3. The van der Waals surface area contributed by atoms with Crippen LogP contribution in [0.15, 0.2) is 108 Å². The number of hydrogen-bond acceptors (Lipinski definition) is 4. The summed E-state index contributed by atoms with van der Waals surface area (Å²) >= 11 is 19.5. The molecular formula is C31H24Cl3N3O3S. The first-order valence-corrected chi connectivity index (χ1v) is 14.4. The van der Waals surface area contributed by atoms with E-state index in [0.29, 0.717) is 37.6 Å². The lowest BCUT2D eigenvalue weighted by atomic mass is 10.1. The standard InChI is InChI=1S/C31H24Cl3N3O3S/c1-19(29(38)36-27-18-23(33)11-16-26(27)34)41-25-14-12-24(13-15-25)35-31(40)28(17-20-7-9-22(32)10-8-20)37-30(39)21-5-3-2-4-6-21/h2-19H,1H3,(H,35,40)(H,36,38)(H,37,39)/b28-17-. The monoisotopic (exact) mass is 623 g/mol. The van der Waals surface area contributed by atoms with Crippen LogP contribution in [0.4, 0.5) is 11.4 Å². The van der Waals surface area contributed by atoms with Crippen molar-refractivity contribution in [3.8, 4) is 0 Å². The molecule has 10 heteroatoms. The molecule has 1 unspecified atom stereocenters. The molecule has 0 bridgehead atoms. The predicted molar refractivity (Wildman–Crippen MR) is 169 cm³/mol. The second-order valence-electron chi connectivity index (χ2n) is 8.78. The van der Waals surface area contributed by atoms with Gasteiger partial charge in [-0.15, -0.1) is 11.8 Å². The Morgan fingerprint density at radius 2 is 1.44 bits per heavy atom. The normalized spacial score (nSPS) is 11.9. The highest BCUT2D eigenvalue weighted by Crippen LogP contribution is 2.29. The fraction of sp³-hybridized carbons (Fsp3) is 0.0645. The smallest absolute Gasteiger partial charge is 0.272 e. The molecule has 0 aromatic heterocycles. The van der Waals surface area contributed by atoms with Gasteiger partial charge in [0.15, 0.2) is 0 Å². The molecule has 0 aliphatic carbocycles. The van der Waals surface area contributed by atoms with Crippen LogP contribution >= 0.6 is 46.6 Å². The quantitative estimate of drug-likeness (QED) is 0.129. The zero-order chi connectivity index (χ0) is 29.4. The predicted octanol–water partition coefficient (Wildman–Crippen LogP) is 8.18. The molecule has 0 fully saturated rings. The summed E-state index contributed by atoms with van der Waals surface area (Å²) in [4.78, 5) is 39.5. The number of rotatable bonds is 9. The molecule has 0 saturated carbocycles. The van der Waals surface area contributed by atoms with Crippen molar-refractivity contribution in [1.29, 1.82) is 0 Å². The van der Waals surface area contributed by atoms with Gasteiger partial charge in [0.25, 0.3) is 11.8 Å². The van der Waals surface area contributed by atoms with E-state index in [1.807, 2.05) is 0 Å². The van der Waals surface area contributed by atoms with E-state index in [9.17, 15) is 14.4 Å². The van der Waals surface area contributed by atoms with Crippen LogP contribution in [0.3, 0.4) is 0 Å². The summed E-state index contributed by atoms with van der Waals surface area (Å²) in [7, 11) is 0. The third kappa shape index (κ3) is 8.87. The van der Waals surface area contributed by atoms with Gasteiger partial charge in [-0.1, -0.05) is 65.1 Å². The summed E-state index contributed by atoms with van der Waals surface area (Å²) in [6.07, 6.45) is 1.57. The van der Waals surface area contributed by atoms with E-state index in [1.165, 1.54) is 11.8 Å². The number of hydrogen-bond donors (Lipinski definition) is 3. The van der Waals surface area contributed by atoms with E-state index in [2.05, 4.69) is 16.0 Å². The van der Waals surface area contributed by atoms with Crippen molar-refractivity contribution in [3.63, 3.8) is 0 Å². The number of benzene rings is 4. The van der Waals surface area contributed by atoms with Gasteiger partial charge in [-0.05, 0) is 85.3 Å². The lowest BCUT2D eigenvalue weighted by Gasteiger charge is -2.14. The van der Waals surface area contributed by atoms with E-state index < -0.39 is 17.1 Å². The maximum Gasteiger partial charge on any atom is 0.272 e. The molecule has 208 valence electrons. The Morgan fingerprint density at radius 1 is 0.780 bits per heavy atom. The Bertz CT molecular complexity index is 1580. The highest BCUT2D eigenvalue weighted by molar-refractivity contribution is 8.00. The van der Waals surface area contributed by atoms with Gasteiger partial charge in [0, 0.05) is 26.2 Å². The van der Waals surface area contributed by atoms with Crippen LogP contribution in [-0.4, -0.2) is 23.0 Å². The maximum atomic E-state index is 13.2. The van der Waals surface area contributed by atoms with Gasteiger partial charge >= 0.3 is 0 Å². The first-order chi connectivity index (χ1) is 19.7. The minimum Gasteiger partial charge on any atom is -0.324 e. The van der Waals surface area contributed by atoms with Gasteiger partial charge in [-0.25, -0.2) is 0 Å². The SMILES string of the molecule is CC(Sc1ccc(NC(=O)/C(=C/c2ccc(Cl)cc2)NC(=O)c2ccccc2)cc1)C(=O)Nc1cc(Cl)ccc1Cl. The summed E-state index contributed by atoms with van der Waals surface area (Å²) in [6, 6.07) is 27.4. The van der Waals surface area contributed by atoms with Crippen LogP contribution in [0.2, 0.25) is 15.1 Å². The molecule has 41 heavy (non-hydrogen) atoms. The number of carbonyl (C=O) groups excluding carboxylic acids is 3. The summed E-state index contributed by atoms with van der Waals surface area (Å²) in [5.41, 5.74) is 2.12. The highest BCUT2D eigenvalue weighted by Gasteiger charge is 2.18. The molecular weight excluding hydrogens is 601 g/mol. The molecule has 0 saturated heterocycles. The minimum atomic E-state index is -0.504. The highest BCUT2D eigenvalue weighted by atomic mass is 35.5. The fourth-order valence-electron chi connectivity index (χ4n) is 3.57. The maximum absolute atomic E-state index is 13.2. The van der Waals surface area contributed by atoms with Gasteiger partial charge in [-0.2, -0.15) is 0 Å². The van der Waals surface area contributed by atoms with E-state index in [-0.39, 0.29) is 11.6 Å². The van der Waals surface area contributed by atoms with Crippen LogP contribution < -0.4 is 16.0 Å². The molecule has 6 nitrogen and oxygen atoms in total. The zero-order valence-corrected chi connectivity index (χ0v) is 24.7. The molecule has 3 amide bonds. The van der Waals surface area contributed by atoms with E-state index >= 15 is 0 Å². The van der Waals surface area contributed by atoms with E-state index in [4.69, 9.17) is 34.8 Å². The second kappa shape index (κ2) is 14.2. The van der Waals surface area contributed by atoms with Gasteiger partial charge < -0.3 is 16.0 Å². The van der Waals surface area contributed by atoms with Gasteiger partial charge in [-0.3, -0.25) is 14.4 Å². The van der Waals surface area contributed by atoms with Crippen LogP contribution in [0.5, 0.6) is 0 Å². The Balaban J connectivity index is 1.43. The molecule has 1 atom stereocenters. The van der Waals surface area contributed by atoms with Crippen molar-refractivity contribution >= 4 is 81.7 Å². The lowest BCUT2D eigenvalue weighted by Crippen LogP contribution is -2.30. The van der Waals surface area contributed by atoms with Crippen molar-refractivity contribution in [2.45, 2.75) is 17.1 Å². The van der Waals surface area contributed by atoms with Crippen molar-refractivity contribution in [2.75, 3.05) is 10.6 Å². The molecule has 0 aliphatic heterocycles. The van der Waals surface area contributed by atoms with Crippen LogP contribution in [0.25, 0.3) is 6.08 Å². The molecule has 4 aromatic rings. The lowest BCUT2D eigenvalue weighted by molar-refractivity contribution is -0.115. The largest absolute Gasteiger partial charge is 0.324 e. The Morgan fingerprint density at radius 3 is 2.12 bits per heavy atom. The summed E-state index contributed by atoms with van der Waals surface area (Å²) in [6.45, 7) is 1.78. The molecule has 4 rings (SSSR count). The molecule has 4 aromatic carbocycles. The van der Waals surface area contributed by atoms with Crippen molar-refractivity contribution in [3.05, 3.63) is 129 Å². The average molecular weight is 625 g/mol. The van der Waals surface area contributed by atoms with Gasteiger partial charge in [0.05, 0.1) is 16.0 Å². The van der Waals surface area contributed by atoms with Crippen LogP contribution in [0, 0.1) is 0 Å². The number of nitrogens with one attached hydrogen (secondary N) is 3. The fourth-order valence-corrected chi connectivity index (χ4v) is 4.90. The first-order valence-electron chi connectivity index (χ1n) is 12.4. The summed E-state index contributed by atoms with van der Waals surface area (Å²) < 4.78 is 0. The minimum absolute atomic E-state index is 0.0598. The van der Waals surface area contributed by atoms with Crippen LogP contribution in [-0.2, 0) is 9.59 Å². The molecule has 0 radical (unpaired) electrons. The summed E-state index contributed by atoms with van der Waals surface area (Å²) in [5, 5.41) is 9.29. The zero-order valence-electron chi connectivity index (χ0n) is 21.7. The Kier molecular flexibility index (Phi) is 10.5. The number of thioether (sulfide) groups is 1. The number of amides is 3. The summed E-state index contributed by atoms with van der Waals surface area (Å²) in [5.74, 6) is -1.16. The van der Waals surface area contributed by atoms with Crippen molar-refractivity contribution in [1.82, 2.24) is 5.32 Å². The van der Waals surface area contributed by atoms with Crippen molar-refractivity contribution in [2.24, 2.45) is 0 Å². The van der Waals surface area contributed by atoms with Gasteiger partial charge in [0.2, 0.25) is 5.91 Å². The molecule has 3 N–H and O–H groups in total. The number of carbonyl (C=O) groups is 3. The molecule has 0 heterocycles. The van der Waals surface area contributed by atoms with Gasteiger partial charge in [0.1, 0.15) is 5.70 Å². The van der Waals surface area contributed by atoms with E-state index in [1.54, 1.807) is 110 Å². The average Bonchev–Trinajstić information content (AvgIpc) is 2.97. The van der Waals surface area contributed by atoms with Crippen molar-refractivity contribution < 1.29 is 14.4 Å². The Labute approximate surface area is 257 Å². The van der Waals surface area contributed by atoms with Crippen LogP contribution in [0.1, 0.15) is 22.8 Å². The Hall–Kier alpha value is -3.75. The first kappa shape index (κ1) is 30.2. The third-order valence-corrected chi connectivity index (χ3v) is 7.62. The third-order valence-electron chi connectivity index (χ3n) is 5.69. The topological polar surface area (TPSA) is 87.3 Å². The number of anilines is 2. The molecule has 0 aliphatic rings. The second-order valence-corrected chi connectivity index (χ2v) is 11.5.